The fraction of sp³-hybridized carbons (Fsp3) is 0.714. The normalized spacial score (nSPS) is 12.2. The molecule has 0 aromatic rings. The van der Waals surface area contributed by atoms with Crippen LogP contribution in [0, 0.1) is 0 Å². The van der Waals surface area contributed by atoms with Crippen LogP contribution in [0.5, 0.6) is 0 Å². The fourth-order valence-corrected chi connectivity index (χ4v) is 0.602. The number of hydrogen-bond acceptors (Lipinski definition) is 2. The summed E-state index contributed by atoms with van der Waals surface area (Å²) in [4.78, 5) is 21.0. The lowest BCUT2D eigenvalue weighted by Gasteiger charge is -2.07. The maximum absolute atomic E-state index is 10.8. The van der Waals surface area contributed by atoms with Gasteiger partial charge in [-0.15, -0.1) is 0 Å². The first-order valence-electron chi connectivity index (χ1n) is 3.60. The summed E-state index contributed by atoms with van der Waals surface area (Å²) >= 11 is 0. The molecular weight excluding hydrogens is 146 g/mol. The average molecular weight is 159 g/mol. The molecule has 0 radical (unpaired) electrons. The highest BCUT2D eigenvalue weighted by molar-refractivity contribution is 5.83. The van der Waals surface area contributed by atoms with Gasteiger partial charge in [-0.05, 0) is 13.3 Å². The van der Waals surface area contributed by atoms with Crippen LogP contribution in [0.4, 0.5) is 0 Å². The largest absolute Gasteiger partial charge is 0.480 e. The Hall–Kier alpha value is -1.06. The summed E-state index contributed by atoms with van der Waals surface area (Å²) in [6.07, 6.45) is 1.12. The van der Waals surface area contributed by atoms with Crippen molar-refractivity contribution in [3.05, 3.63) is 0 Å². The number of carboxylic acid groups (broad SMARTS) is 1. The van der Waals surface area contributed by atoms with Gasteiger partial charge in [0.15, 0.2) is 0 Å². The summed E-state index contributed by atoms with van der Waals surface area (Å²) < 4.78 is 0. The maximum Gasteiger partial charge on any atom is 0.325 e. The van der Waals surface area contributed by atoms with Crippen molar-refractivity contribution in [3.8, 4) is 0 Å². The van der Waals surface area contributed by atoms with Gasteiger partial charge in [-0.2, -0.15) is 0 Å². The van der Waals surface area contributed by atoms with Gasteiger partial charge in [0.25, 0.3) is 0 Å². The number of carbonyl (C=O) groups is 2. The average Bonchev–Trinajstić information content (AvgIpc) is 1.87. The quantitative estimate of drug-likeness (QED) is 0.623. The molecule has 4 heteroatoms. The molecule has 0 aromatic carbocycles. The SMILES string of the molecule is CCCC(=O)N[C@H](C)C(=O)O. The Labute approximate surface area is 65.6 Å². The number of nitrogens with one attached hydrogen (secondary N) is 1. The lowest BCUT2D eigenvalue weighted by molar-refractivity contribution is -0.141. The van der Waals surface area contributed by atoms with Crippen molar-refractivity contribution in [3.63, 3.8) is 0 Å². The third-order valence-electron chi connectivity index (χ3n) is 1.22. The number of amides is 1. The van der Waals surface area contributed by atoms with E-state index in [1.54, 1.807) is 0 Å². The summed E-state index contributed by atoms with van der Waals surface area (Å²) in [5, 5.41) is 10.7. The highest BCUT2D eigenvalue weighted by Crippen LogP contribution is 1.88. The molecule has 64 valence electrons. The molecule has 0 saturated heterocycles. The predicted molar refractivity (Wildman–Crippen MR) is 40.1 cm³/mol. The number of aliphatic carboxylic acids is 1. The Balaban J connectivity index is 3.66. The highest BCUT2D eigenvalue weighted by Gasteiger charge is 2.12. The van der Waals surface area contributed by atoms with E-state index in [9.17, 15) is 9.59 Å². The molecule has 11 heavy (non-hydrogen) atoms. The van der Waals surface area contributed by atoms with Gasteiger partial charge in [0.2, 0.25) is 5.91 Å². The lowest BCUT2D eigenvalue weighted by Crippen LogP contribution is -2.38. The van der Waals surface area contributed by atoms with E-state index in [-0.39, 0.29) is 5.91 Å². The van der Waals surface area contributed by atoms with E-state index < -0.39 is 12.0 Å². The van der Waals surface area contributed by atoms with Crippen molar-refractivity contribution in [2.45, 2.75) is 32.7 Å². The van der Waals surface area contributed by atoms with Crippen molar-refractivity contribution >= 4 is 11.9 Å². The minimum absolute atomic E-state index is 0.206. The van der Waals surface area contributed by atoms with Gasteiger partial charge in [-0.3, -0.25) is 9.59 Å². The molecule has 0 spiro atoms. The van der Waals surface area contributed by atoms with Crippen molar-refractivity contribution < 1.29 is 14.7 Å². The van der Waals surface area contributed by atoms with E-state index in [1.807, 2.05) is 6.92 Å². The van der Waals surface area contributed by atoms with E-state index in [4.69, 9.17) is 5.11 Å². The fourth-order valence-electron chi connectivity index (χ4n) is 0.602. The van der Waals surface area contributed by atoms with E-state index >= 15 is 0 Å². The van der Waals surface area contributed by atoms with Crippen molar-refractivity contribution in [2.75, 3.05) is 0 Å². The second-order valence-corrected chi connectivity index (χ2v) is 2.38. The zero-order valence-corrected chi connectivity index (χ0v) is 6.76. The highest BCUT2D eigenvalue weighted by atomic mass is 16.4. The monoisotopic (exact) mass is 159 g/mol. The Kier molecular flexibility index (Phi) is 4.26. The van der Waals surface area contributed by atoms with Crippen molar-refractivity contribution in [1.82, 2.24) is 5.32 Å². The molecule has 0 heterocycles. The van der Waals surface area contributed by atoms with E-state index in [0.717, 1.165) is 6.42 Å². The van der Waals surface area contributed by atoms with E-state index in [0.29, 0.717) is 6.42 Å². The molecule has 0 aliphatic carbocycles. The van der Waals surface area contributed by atoms with Crippen LogP contribution < -0.4 is 5.32 Å². The molecule has 0 aromatic heterocycles. The van der Waals surface area contributed by atoms with Crippen LogP contribution in [-0.4, -0.2) is 23.0 Å². The first-order chi connectivity index (χ1) is 5.07. The van der Waals surface area contributed by atoms with Crippen LogP contribution in [0.25, 0.3) is 0 Å². The molecule has 0 bridgehead atoms. The minimum atomic E-state index is -1.01. The summed E-state index contributed by atoms with van der Waals surface area (Å²) in [5.74, 6) is -1.21. The predicted octanol–water partition coefficient (Wildman–Crippen LogP) is 0.376. The molecule has 2 N–H and O–H groups in total. The standard InChI is InChI=1S/C7H13NO3/c1-3-4-6(9)8-5(2)7(10)11/h5H,3-4H2,1-2H3,(H,8,9)(H,10,11)/t5-/m1/s1. The number of rotatable bonds is 4. The Bertz CT molecular complexity index is 156. The third-order valence-corrected chi connectivity index (χ3v) is 1.22. The molecule has 0 unspecified atom stereocenters. The van der Waals surface area contributed by atoms with E-state index in [1.165, 1.54) is 6.92 Å². The third kappa shape index (κ3) is 4.36. The van der Waals surface area contributed by atoms with Gasteiger partial charge in [-0.1, -0.05) is 6.92 Å². The van der Waals surface area contributed by atoms with Gasteiger partial charge in [0.1, 0.15) is 6.04 Å². The Morgan fingerprint density at radius 3 is 2.45 bits per heavy atom. The summed E-state index contributed by atoms with van der Waals surface area (Å²) in [7, 11) is 0. The lowest BCUT2D eigenvalue weighted by atomic mass is 10.3. The van der Waals surface area contributed by atoms with Gasteiger partial charge < -0.3 is 10.4 Å². The van der Waals surface area contributed by atoms with Crippen molar-refractivity contribution in [2.24, 2.45) is 0 Å². The van der Waals surface area contributed by atoms with Crippen LogP contribution in [0.15, 0.2) is 0 Å². The van der Waals surface area contributed by atoms with Crippen LogP contribution in [0.3, 0.4) is 0 Å². The molecule has 1 amide bonds. The molecule has 0 rings (SSSR count). The smallest absolute Gasteiger partial charge is 0.325 e. The van der Waals surface area contributed by atoms with Crippen LogP contribution >= 0.6 is 0 Å². The number of carbonyl (C=O) groups excluding carboxylic acids is 1. The van der Waals surface area contributed by atoms with E-state index in [2.05, 4.69) is 5.32 Å². The van der Waals surface area contributed by atoms with Gasteiger partial charge in [0, 0.05) is 6.42 Å². The molecule has 0 aliphatic rings. The molecule has 0 aliphatic heterocycles. The van der Waals surface area contributed by atoms with Gasteiger partial charge in [-0.25, -0.2) is 0 Å². The first kappa shape index (κ1) is 9.94. The Morgan fingerprint density at radius 1 is 1.55 bits per heavy atom. The molecule has 4 nitrogen and oxygen atoms in total. The minimum Gasteiger partial charge on any atom is -0.480 e. The molecule has 1 atom stereocenters. The topological polar surface area (TPSA) is 66.4 Å². The second-order valence-electron chi connectivity index (χ2n) is 2.38. The van der Waals surface area contributed by atoms with Crippen LogP contribution in [0.2, 0.25) is 0 Å². The summed E-state index contributed by atoms with van der Waals surface area (Å²) in [6, 6.07) is -0.783. The Morgan fingerprint density at radius 2 is 2.09 bits per heavy atom. The van der Waals surface area contributed by atoms with Crippen LogP contribution in [-0.2, 0) is 9.59 Å². The van der Waals surface area contributed by atoms with Crippen molar-refractivity contribution in [1.29, 1.82) is 0 Å². The molecular formula is C7H13NO3. The van der Waals surface area contributed by atoms with Gasteiger partial charge >= 0.3 is 5.97 Å². The van der Waals surface area contributed by atoms with Crippen LogP contribution in [0.1, 0.15) is 26.7 Å². The molecule has 0 fully saturated rings. The maximum atomic E-state index is 10.8. The number of carboxylic acids is 1. The van der Waals surface area contributed by atoms with Gasteiger partial charge in [0.05, 0.1) is 0 Å². The summed E-state index contributed by atoms with van der Waals surface area (Å²) in [6.45, 7) is 3.31. The summed E-state index contributed by atoms with van der Waals surface area (Å²) in [5.41, 5.74) is 0. The second kappa shape index (κ2) is 4.71. The zero-order chi connectivity index (χ0) is 8.85. The zero-order valence-electron chi connectivity index (χ0n) is 6.76. The first-order valence-corrected chi connectivity index (χ1v) is 3.60. The number of hydrogen-bond donors (Lipinski definition) is 2. The molecule has 0 saturated carbocycles.